The monoisotopic (exact) mass is 430 g/mol. The lowest BCUT2D eigenvalue weighted by Crippen LogP contribution is -2.15. The molecule has 1 N–H and O–H groups in total. The summed E-state index contributed by atoms with van der Waals surface area (Å²) in [7, 11) is -2.59. The molecule has 1 aromatic heterocycles. The Morgan fingerprint density at radius 2 is 1.83 bits per heavy atom. The van der Waals surface area contributed by atoms with Gasteiger partial charge in [-0.25, -0.2) is 13.2 Å². The number of hydrogen-bond donors (Lipinski definition) is 1. The van der Waals surface area contributed by atoms with Gasteiger partial charge in [-0.3, -0.25) is 4.72 Å². The van der Waals surface area contributed by atoms with E-state index in [0.717, 1.165) is 11.1 Å². The predicted octanol–water partition coefficient (Wildman–Crippen LogP) is 3.94. The van der Waals surface area contributed by atoms with Crippen LogP contribution >= 0.6 is 0 Å². The summed E-state index contributed by atoms with van der Waals surface area (Å²) in [4.78, 5) is 11.7. The summed E-state index contributed by atoms with van der Waals surface area (Å²) in [6.07, 6.45) is 0. The van der Waals surface area contributed by atoms with Crippen molar-refractivity contribution in [2.45, 2.75) is 25.7 Å². The van der Waals surface area contributed by atoms with Gasteiger partial charge in [0.1, 0.15) is 10.6 Å². The number of esters is 1. The standard InChI is InChI=1S/C21H22N2O6S/c1-5-28-21(24)16-12-18(29-22-16)15-9-10-17(27-4)19(11-15)30(25,26)23-20-13(2)7-6-8-14(20)3/h6-12,23H,5H2,1-4H3. The van der Waals surface area contributed by atoms with Crippen molar-refractivity contribution in [2.75, 3.05) is 18.4 Å². The van der Waals surface area contributed by atoms with Crippen LogP contribution in [0.3, 0.4) is 0 Å². The molecule has 8 nitrogen and oxygen atoms in total. The molecule has 0 amide bonds. The third-order valence-electron chi connectivity index (χ3n) is 4.45. The molecule has 0 bridgehead atoms. The minimum absolute atomic E-state index is 0.000681. The molecule has 0 fully saturated rings. The molecule has 0 aliphatic carbocycles. The van der Waals surface area contributed by atoms with Crippen LogP contribution in [0, 0.1) is 13.8 Å². The highest BCUT2D eigenvalue weighted by atomic mass is 32.2. The fourth-order valence-electron chi connectivity index (χ4n) is 2.92. The van der Waals surface area contributed by atoms with Gasteiger partial charge in [-0.2, -0.15) is 0 Å². The average molecular weight is 430 g/mol. The Kier molecular flexibility index (Phi) is 6.12. The fraction of sp³-hybridized carbons (Fsp3) is 0.238. The van der Waals surface area contributed by atoms with Crippen LogP contribution in [-0.4, -0.2) is 33.3 Å². The van der Waals surface area contributed by atoms with Crippen LogP contribution < -0.4 is 9.46 Å². The first-order valence-corrected chi connectivity index (χ1v) is 10.7. The first kappa shape index (κ1) is 21.4. The quantitative estimate of drug-likeness (QED) is 0.566. The second-order valence-corrected chi connectivity index (χ2v) is 8.19. The van der Waals surface area contributed by atoms with E-state index in [0.29, 0.717) is 11.3 Å². The number of aromatic nitrogens is 1. The number of rotatable bonds is 7. The van der Waals surface area contributed by atoms with E-state index in [9.17, 15) is 13.2 Å². The molecular formula is C21H22N2O6S. The normalized spacial score (nSPS) is 11.2. The molecule has 0 aliphatic heterocycles. The van der Waals surface area contributed by atoms with Crippen LogP contribution in [-0.2, 0) is 14.8 Å². The van der Waals surface area contributed by atoms with Gasteiger partial charge in [0.2, 0.25) is 0 Å². The molecule has 0 spiro atoms. The minimum atomic E-state index is -3.98. The molecule has 0 saturated heterocycles. The van der Waals surface area contributed by atoms with E-state index in [1.807, 2.05) is 32.0 Å². The molecule has 30 heavy (non-hydrogen) atoms. The van der Waals surface area contributed by atoms with Gasteiger partial charge in [0, 0.05) is 11.6 Å². The van der Waals surface area contributed by atoms with Gasteiger partial charge in [0.25, 0.3) is 10.0 Å². The highest BCUT2D eigenvalue weighted by Gasteiger charge is 2.23. The largest absolute Gasteiger partial charge is 0.495 e. The average Bonchev–Trinajstić information content (AvgIpc) is 3.21. The van der Waals surface area contributed by atoms with Crippen molar-refractivity contribution in [3.8, 4) is 17.1 Å². The summed E-state index contributed by atoms with van der Waals surface area (Å²) in [5.74, 6) is -0.225. The second kappa shape index (κ2) is 8.58. The van der Waals surface area contributed by atoms with Crippen molar-refractivity contribution in [3.05, 3.63) is 59.3 Å². The number of para-hydroxylation sites is 1. The number of sulfonamides is 1. The number of carbonyl (C=O) groups excluding carboxylic acids is 1. The molecular weight excluding hydrogens is 408 g/mol. The Bertz CT molecular complexity index is 1160. The Balaban J connectivity index is 2.02. The van der Waals surface area contributed by atoms with Crippen LogP contribution in [0.25, 0.3) is 11.3 Å². The Labute approximate surface area is 174 Å². The van der Waals surface area contributed by atoms with Crippen molar-refractivity contribution in [2.24, 2.45) is 0 Å². The summed E-state index contributed by atoms with van der Waals surface area (Å²) < 4.78 is 44.3. The van der Waals surface area contributed by atoms with Gasteiger partial charge >= 0.3 is 5.97 Å². The van der Waals surface area contributed by atoms with Crippen LogP contribution in [0.2, 0.25) is 0 Å². The van der Waals surface area contributed by atoms with Crippen molar-refractivity contribution >= 4 is 21.7 Å². The fourth-order valence-corrected chi connectivity index (χ4v) is 4.32. The van der Waals surface area contributed by atoms with Crippen molar-refractivity contribution < 1.29 is 27.2 Å². The molecule has 0 aliphatic rings. The molecule has 0 radical (unpaired) electrons. The molecule has 2 aromatic carbocycles. The zero-order valence-electron chi connectivity index (χ0n) is 17.1. The van der Waals surface area contributed by atoms with E-state index in [1.165, 1.54) is 25.3 Å². The van der Waals surface area contributed by atoms with Crippen LogP contribution in [0.15, 0.2) is 51.9 Å². The summed E-state index contributed by atoms with van der Waals surface area (Å²) in [5.41, 5.74) is 2.52. The van der Waals surface area contributed by atoms with Gasteiger partial charge in [-0.15, -0.1) is 0 Å². The van der Waals surface area contributed by atoms with Crippen LogP contribution in [0.1, 0.15) is 28.5 Å². The van der Waals surface area contributed by atoms with E-state index in [2.05, 4.69) is 9.88 Å². The van der Waals surface area contributed by atoms with Crippen molar-refractivity contribution in [1.82, 2.24) is 5.16 Å². The van der Waals surface area contributed by atoms with E-state index < -0.39 is 16.0 Å². The maximum absolute atomic E-state index is 13.2. The maximum Gasteiger partial charge on any atom is 0.360 e. The van der Waals surface area contributed by atoms with Crippen LogP contribution in [0.5, 0.6) is 5.75 Å². The topological polar surface area (TPSA) is 108 Å². The number of benzene rings is 2. The van der Waals surface area contributed by atoms with Gasteiger partial charge < -0.3 is 14.0 Å². The van der Waals surface area contributed by atoms with Gasteiger partial charge in [-0.05, 0) is 50.1 Å². The zero-order chi connectivity index (χ0) is 21.9. The summed E-state index contributed by atoms with van der Waals surface area (Å²) in [5, 5.41) is 3.69. The number of aryl methyl sites for hydroxylation is 2. The Hall–Kier alpha value is -3.33. The molecule has 0 atom stereocenters. The molecule has 158 valence electrons. The van der Waals surface area contributed by atoms with Crippen LogP contribution in [0.4, 0.5) is 5.69 Å². The lowest BCUT2D eigenvalue weighted by atomic mass is 10.1. The molecule has 3 rings (SSSR count). The third-order valence-corrected chi connectivity index (χ3v) is 5.82. The van der Waals surface area contributed by atoms with Gasteiger partial charge in [0.15, 0.2) is 11.5 Å². The number of carbonyl (C=O) groups is 1. The van der Waals surface area contributed by atoms with E-state index in [4.69, 9.17) is 14.0 Å². The molecule has 1 heterocycles. The van der Waals surface area contributed by atoms with Gasteiger partial charge in [-0.1, -0.05) is 23.4 Å². The first-order chi connectivity index (χ1) is 14.3. The molecule has 0 saturated carbocycles. The summed E-state index contributed by atoms with van der Waals surface area (Å²) in [6.45, 7) is 5.53. The highest BCUT2D eigenvalue weighted by Crippen LogP contribution is 2.32. The van der Waals surface area contributed by atoms with E-state index in [-0.39, 0.29) is 28.7 Å². The number of nitrogens with zero attached hydrogens (tertiary/aromatic N) is 1. The third kappa shape index (κ3) is 4.30. The lowest BCUT2D eigenvalue weighted by Gasteiger charge is -2.15. The minimum Gasteiger partial charge on any atom is -0.495 e. The molecule has 3 aromatic rings. The smallest absolute Gasteiger partial charge is 0.360 e. The predicted molar refractivity (Wildman–Crippen MR) is 111 cm³/mol. The van der Waals surface area contributed by atoms with E-state index in [1.54, 1.807) is 13.0 Å². The summed E-state index contributed by atoms with van der Waals surface area (Å²) >= 11 is 0. The number of hydrogen-bond acceptors (Lipinski definition) is 7. The number of nitrogens with one attached hydrogen (secondary N) is 1. The van der Waals surface area contributed by atoms with Crippen molar-refractivity contribution in [1.29, 1.82) is 0 Å². The SMILES string of the molecule is CCOC(=O)c1cc(-c2ccc(OC)c(S(=O)(=O)Nc3c(C)cccc3C)c2)on1. The lowest BCUT2D eigenvalue weighted by molar-refractivity contribution is 0.0514. The number of anilines is 1. The maximum atomic E-state index is 13.2. The summed E-state index contributed by atoms with van der Waals surface area (Å²) in [6, 6.07) is 11.4. The molecule has 9 heteroatoms. The Morgan fingerprint density at radius 1 is 1.13 bits per heavy atom. The number of ether oxygens (including phenoxy) is 2. The number of methoxy groups -OCH3 is 1. The van der Waals surface area contributed by atoms with Crippen molar-refractivity contribution in [3.63, 3.8) is 0 Å². The second-order valence-electron chi connectivity index (χ2n) is 6.53. The first-order valence-electron chi connectivity index (χ1n) is 9.18. The Morgan fingerprint density at radius 3 is 2.47 bits per heavy atom. The molecule has 0 unspecified atom stereocenters. The van der Waals surface area contributed by atoms with Gasteiger partial charge in [0.05, 0.1) is 19.4 Å². The van der Waals surface area contributed by atoms with E-state index >= 15 is 0 Å². The zero-order valence-corrected chi connectivity index (χ0v) is 17.9. The highest BCUT2D eigenvalue weighted by molar-refractivity contribution is 7.92.